The van der Waals surface area contributed by atoms with Gasteiger partial charge in [-0.3, -0.25) is 0 Å². The second kappa shape index (κ2) is 4.70. The molecule has 0 bridgehead atoms. The number of aliphatic hydroxyl groups excluding tert-OH is 2. The van der Waals surface area contributed by atoms with Gasteiger partial charge in [0.1, 0.15) is 0 Å². The van der Waals surface area contributed by atoms with Crippen molar-refractivity contribution in [3.63, 3.8) is 0 Å². The lowest BCUT2D eigenvalue weighted by Crippen LogP contribution is -2.52. The van der Waals surface area contributed by atoms with Crippen molar-refractivity contribution in [2.45, 2.75) is 58.0 Å². The number of hydrogen-bond donors (Lipinski definition) is 2. The Kier molecular flexibility index (Phi) is 3.14. The summed E-state index contributed by atoms with van der Waals surface area (Å²) >= 11 is 0. The minimum absolute atomic E-state index is 0.00787. The Hall–Kier alpha value is -0.600. The van der Waals surface area contributed by atoms with Crippen LogP contribution in [0, 0.1) is 28.6 Å². The predicted molar refractivity (Wildman–Crippen MR) is 83.6 cm³/mol. The van der Waals surface area contributed by atoms with E-state index in [0.29, 0.717) is 11.3 Å². The van der Waals surface area contributed by atoms with Gasteiger partial charge in [-0.1, -0.05) is 30.7 Å². The van der Waals surface area contributed by atoms with Crippen LogP contribution >= 0.6 is 0 Å². The molecule has 0 amide bonds. The number of allylic oxidation sites excluding steroid dienone is 3. The molecular formula is C19H28O2. The maximum absolute atomic E-state index is 10.3. The zero-order chi connectivity index (χ0) is 14.7. The van der Waals surface area contributed by atoms with Crippen LogP contribution in [0.4, 0.5) is 0 Å². The van der Waals surface area contributed by atoms with E-state index < -0.39 is 0 Å². The van der Waals surface area contributed by atoms with Crippen LogP contribution in [0.2, 0.25) is 0 Å². The van der Waals surface area contributed by atoms with Gasteiger partial charge >= 0.3 is 0 Å². The third-order valence-electron chi connectivity index (χ3n) is 7.41. The number of fused-ring (bicyclic) bond motifs is 5. The van der Waals surface area contributed by atoms with Crippen LogP contribution in [-0.4, -0.2) is 22.9 Å². The first-order chi connectivity index (χ1) is 10.1. The highest BCUT2D eigenvalue weighted by atomic mass is 16.3. The summed E-state index contributed by atoms with van der Waals surface area (Å²) in [5.74, 6) is 2.13. The average Bonchev–Trinajstić information content (AvgIpc) is 2.88. The van der Waals surface area contributed by atoms with Crippen LogP contribution in [0.5, 0.6) is 0 Å². The summed E-state index contributed by atoms with van der Waals surface area (Å²) in [6.45, 7) is 2.72. The van der Waals surface area contributed by atoms with E-state index in [1.165, 1.54) is 24.8 Å². The fourth-order valence-corrected chi connectivity index (χ4v) is 6.22. The Bertz CT molecular complexity index is 494. The van der Waals surface area contributed by atoms with Crippen LogP contribution in [0.3, 0.4) is 0 Å². The van der Waals surface area contributed by atoms with E-state index in [0.717, 1.165) is 37.5 Å². The lowest BCUT2D eigenvalue weighted by molar-refractivity contribution is -0.0580. The highest BCUT2D eigenvalue weighted by Gasteiger charge is 2.56. The first kappa shape index (κ1) is 14.0. The zero-order valence-corrected chi connectivity index (χ0v) is 13.1. The van der Waals surface area contributed by atoms with Gasteiger partial charge in [-0.15, -0.1) is 0 Å². The van der Waals surface area contributed by atoms with E-state index in [9.17, 15) is 10.2 Å². The Morgan fingerprint density at radius 3 is 2.86 bits per heavy atom. The van der Waals surface area contributed by atoms with Crippen molar-refractivity contribution in [2.75, 3.05) is 6.61 Å². The summed E-state index contributed by atoms with van der Waals surface area (Å²) < 4.78 is 0. The molecule has 2 N–H and O–H groups in total. The third-order valence-corrected chi connectivity index (χ3v) is 7.41. The fourth-order valence-electron chi connectivity index (χ4n) is 6.22. The normalized spacial score (nSPS) is 51.9. The quantitative estimate of drug-likeness (QED) is 0.726. The van der Waals surface area contributed by atoms with Crippen molar-refractivity contribution >= 4 is 0 Å². The van der Waals surface area contributed by atoms with Crippen LogP contribution in [0.15, 0.2) is 23.8 Å². The minimum atomic E-state index is -0.186. The molecule has 0 spiro atoms. The Morgan fingerprint density at radius 1 is 1.19 bits per heavy atom. The maximum atomic E-state index is 10.3. The summed E-state index contributed by atoms with van der Waals surface area (Å²) in [5, 5.41) is 20.3. The first-order valence-corrected chi connectivity index (χ1v) is 8.75. The molecule has 0 saturated heterocycles. The Morgan fingerprint density at radius 2 is 2.05 bits per heavy atom. The molecule has 116 valence electrons. The molecule has 4 aliphatic rings. The molecule has 4 rings (SSSR count). The molecule has 4 aliphatic carbocycles. The van der Waals surface area contributed by atoms with Gasteiger partial charge in [0, 0.05) is 5.41 Å². The molecule has 0 heterocycles. The molecule has 2 nitrogen and oxygen atoms in total. The van der Waals surface area contributed by atoms with Crippen LogP contribution in [0.1, 0.15) is 51.9 Å². The summed E-state index contributed by atoms with van der Waals surface area (Å²) in [7, 11) is 0. The van der Waals surface area contributed by atoms with Gasteiger partial charge in [-0.25, -0.2) is 0 Å². The van der Waals surface area contributed by atoms with E-state index >= 15 is 0 Å². The van der Waals surface area contributed by atoms with Gasteiger partial charge in [-0.05, 0) is 68.1 Å². The molecule has 2 fully saturated rings. The Balaban J connectivity index is 1.71. The van der Waals surface area contributed by atoms with Crippen LogP contribution in [-0.2, 0) is 0 Å². The SMILES string of the molecule is C[C@@]12C=CC[C@H]1[C@@H]1CC=C3CC(O)CC[C@]3(CO)[C@H]1CC2. The molecule has 6 atom stereocenters. The standard InChI is InChI=1S/C19H28O2/c1-18-8-2-3-16(18)15-5-4-13-11-14(21)6-10-19(13,12-20)17(15)7-9-18/h2,4,8,14-17,20-21H,3,5-7,9-12H2,1H3/t14?,15-,16-,17-,18-,19+/m0/s1. The van der Waals surface area contributed by atoms with Gasteiger partial charge < -0.3 is 10.2 Å². The summed E-state index contributed by atoms with van der Waals surface area (Å²) in [5.41, 5.74) is 1.77. The van der Waals surface area contributed by atoms with E-state index in [2.05, 4.69) is 25.2 Å². The molecule has 0 aromatic carbocycles. The first-order valence-electron chi connectivity index (χ1n) is 8.75. The van der Waals surface area contributed by atoms with Crippen molar-refractivity contribution in [2.24, 2.45) is 28.6 Å². The monoisotopic (exact) mass is 288 g/mol. The predicted octanol–water partition coefficient (Wildman–Crippen LogP) is 3.45. The molecule has 0 aliphatic heterocycles. The maximum Gasteiger partial charge on any atom is 0.0577 e. The molecule has 2 saturated carbocycles. The van der Waals surface area contributed by atoms with Gasteiger partial charge in [0.05, 0.1) is 12.7 Å². The largest absolute Gasteiger partial charge is 0.395 e. The average molecular weight is 288 g/mol. The minimum Gasteiger partial charge on any atom is -0.395 e. The molecule has 21 heavy (non-hydrogen) atoms. The summed E-state index contributed by atoms with van der Waals surface area (Å²) in [6.07, 6.45) is 14.6. The van der Waals surface area contributed by atoms with Crippen molar-refractivity contribution in [3.8, 4) is 0 Å². The van der Waals surface area contributed by atoms with Gasteiger partial charge in [0.15, 0.2) is 0 Å². The highest BCUT2D eigenvalue weighted by molar-refractivity contribution is 5.27. The lowest BCUT2D eigenvalue weighted by Gasteiger charge is -2.57. The lowest BCUT2D eigenvalue weighted by atomic mass is 9.47. The van der Waals surface area contributed by atoms with Gasteiger partial charge in [-0.2, -0.15) is 0 Å². The van der Waals surface area contributed by atoms with Gasteiger partial charge in [0.25, 0.3) is 0 Å². The topological polar surface area (TPSA) is 40.5 Å². The molecular weight excluding hydrogens is 260 g/mol. The molecule has 1 unspecified atom stereocenters. The summed E-state index contributed by atoms with van der Waals surface area (Å²) in [6, 6.07) is 0. The van der Waals surface area contributed by atoms with E-state index in [1.54, 1.807) is 0 Å². The number of hydrogen-bond acceptors (Lipinski definition) is 2. The smallest absolute Gasteiger partial charge is 0.0577 e. The molecule has 0 radical (unpaired) electrons. The number of aliphatic hydroxyl groups is 2. The fraction of sp³-hybridized carbons (Fsp3) is 0.789. The molecule has 0 aromatic heterocycles. The second-order valence-electron chi connectivity index (χ2n) is 8.24. The van der Waals surface area contributed by atoms with E-state index in [4.69, 9.17) is 0 Å². The molecule has 2 heteroatoms. The van der Waals surface area contributed by atoms with Crippen LogP contribution in [0.25, 0.3) is 0 Å². The van der Waals surface area contributed by atoms with Crippen molar-refractivity contribution in [1.29, 1.82) is 0 Å². The Labute approximate surface area is 127 Å². The van der Waals surface area contributed by atoms with E-state index in [1.807, 2.05) is 0 Å². The van der Waals surface area contributed by atoms with E-state index in [-0.39, 0.29) is 18.1 Å². The highest BCUT2D eigenvalue weighted by Crippen LogP contribution is 2.63. The van der Waals surface area contributed by atoms with Crippen molar-refractivity contribution < 1.29 is 10.2 Å². The summed E-state index contributed by atoms with van der Waals surface area (Å²) in [4.78, 5) is 0. The van der Waals surface area contributed by atoms with Gasteiger partial charge in [0.2, 0.25) is 0 Å². The van der Waals surface area contributed by atoms with Crippen molar-refractivity contribution in [3.05, 3.63) is 23.8 Å². The van der Waals surface area contributed by atoms with Crippen LogP contribution < -0.4 is 0 Å². The van der Waals surface area contributed by atoms with Crippen molar-refractivity contribution in [1.82, 2.24) is 0 Å². The molecule has 0 aromatic rings. The second-order valence-corrected chi connectivity index (χ2v) is 8.24. The third kappa shape index (κ3) is 1.85. The zero-order valence-electron chi connectivity index (χ0n) is 13.1. The number of rotatable bonds is 1.